The van der Waals surface area contributed by atoms with Gasteiger partial charge in [-0.15, -0.1) is 0 Å². The molecule has 0 saturated heterocycles. The fourth-order valence-corrected chi connectivity index (χ4v) is 2.00. The van der Waals surface area contributed by atoms with E-state index in [1.54, 1.807) is 20.9 Å². The zero-order valence-electron chi connectivity index (χ0n) is 12.9. The molecular formula is C14H22N2O4. The molecule has 1 rings (SSSR count). The van der Waals surface area contributed by atoms with Gasteiger partial charge in [0.05, 0.1) is 18.7 Å². The average molecular weight is 282 g/mol. The van der Waals surface area contributed by atoms with Gasteiger partial charge in [0.2, 0.25) is 0 Å². The molecule has 0 fully saturated rings. The lowest BCUT2D eigenvalue weighted by Crippen LogP contribution is -2.34. The van der Waals surface area contributed by atoms with E-state index in [1.807, 2.05) is 13.8 Å². The van der Waals surface area contributed by atoms with Gasteiger partial charge in [-0.1, -0.05) is 25.9 Å². The molecule has 0 aliphatic heterocycles. The van der Waals surface area contributed by atoms with Crippen molar-refractivity contribution in [2.24, 2.45) is 5.92 Å². The molecule has 0 radical (unpaired) electrons. The van der Waals surface area contributed by atoms with Crippen LogP contribution in [0.2, 0.25) is 0 Å². The summed E-state index contributed by atoms with van der Waals surface area (Å²) >= 11 is 0. The van der Waals surface area contributed by atoms with Crippen molar-refractivity contribution in [1.29, 1.82) is 0 Å². The van der Waals surface area contributed by atoms with Crippen LogP contribution in [-0.4, -0.2) is 42.6 Å². The number of nitrogens with zero attached hydrogens (tertiary/aromatic N) is 2. The van der Waals surface area contributed by atoms with Gasteiger partial charge in [0.25, 0.3) is 5.91 Å². The number of aryl methyl sites for hydroxylation is 1. The number of rotatable bonds is 5. The molecule has 0 aromatic carbocycles. The van der Waals surface area contributed by atoms with E-state index in [0.29, 0.717) is 17.0 Å². The standard InChI is InChI=1S/C14H22N2O4/c1-8(2)12-11(10(4)15-20-12)13(17)16(5)7-9(3)14(18)19-6/h8-9H,7H2,1-6H3. The van der Waals surface area contributed by atoms with Crippen LogP contribution in [0, 0.1) is 12.8 Å². The van der Waals surface area contributed by atoms with Gasteiger partial charge < -0.3 is 14.2 Å². The smallest absolute Gasteiger partial charge is 0.310 e. The summed E-state index contributed by atoms with van der Waals surface area (Å²) in [7, 11) is 2.99. The fourth-order valence-electron chi connectivity index (χ4n) is 2.00. The summed E-state index contributed by atoms with van der Waals surface area (Å²) in [6, 6.07) is 0. The van der Waals surface area contributed by atoms with Gasteiger partial charge in [-0.05, 0) is 6.92 Å². The highest BCUT2D eigenvalue weighted by Crippen LogP contribution is 2.23. The van der Waals surface area contributed by atoms with E-state index in [-0.39, 0.29) is 30.3 Å². The molecule has 6 heteroatoms. The second kappa shape index (κ2) is 6.54. The lowest BCUT2D eigenvalue weighted by Gasteiger charge is -2.20. The zero-order chi connectivity index (χ0) is 15.4. The third-order valence-corrected chi connectivity index (χ3v) is 3.13. The third kappa shape index (κ3) is 3.37. The molecule has 1 unspecified atom stereocenters. The molecule has 1 heterocycles. The Bertz CT molecular complexity index is 493. The second-order valence-electron chi connectivity index (χ2n) is 5.27. The predicted octanol–water partition coefficient (Wildman–Crippen LogP) is 1.99. The zero-order valence-corrected chi connectivity index (χ0v) is 12.9. The summed E-state index contributed by atoms with van der Waals surface area (Å²) in [6.45, 7) is 7.62. The quantitative estimate of drug-likeness (QED) is 0.772. The van der Waals surface area contributed by atoms with Crippen molar-refractivity contribution in [1.82, 2.24) is 10.1 Å². The van der Waals surface area contributed by atoms with Crippen molar-refractivity contribution < 1.29 is 18.8 Å². The maximum atomic E-state index is 12.5. The summed E-state index contributed by atoms with van der Waals surface area (Å²) in [5.41, 5.74) is 1.05. The maximum Gasteiger partial charge on any atom is 0.310 e. The molecule has 0 aliphatic carbocycles. The molecule has 0 spiro atoms. The van der Waals surface area contributed by atoms with Gasteiger partial charge in [-0.2, -0.15) is 0 Å². The van der Waals surface area contributed by atoms with Crippen LogP contribution < -0.4 is 0 Å². The summed E-state index contributed by atoms with van der Waals surface area (Å²) < 4.78 is 9.87. The molecule has 1 amide bonds. The number of amides is 1. The monoisotopic (exact) mass is 282 g/mol. The number of hydrogen-bond donors (Lipinski definition) is 0. The number of aromatic nitrogens is 1. The Morgan fingerprint density at radius 1 is 1.35 bits per heavy atom. The van der Waals surface area contributed by atoms with E-state index in [0.717, 1.165) is 0 Å². The highest BCUT2D eigenvalue weighted by molar-refractivity contribution is 5.96. The summed E-state index contributed by atoms with van der Waals surface area (Å²) in [5.74, 6) is -0.262. The van der Waals surface area contributed by atoms with Crippen LogP contribution in [0.3, 0.4) is 0 Å². The Hall–Kier alpha value is -1.85. The lowest BCUT2D eigenvalue weighted by atomic mass is 10.0. The van der Waals surface area contributed by atoms with Crippen LogP contribution >= 0.6 is 0 Å². The molecule has 0 saturated carbocycles. The summed E-state index contributed by atoms with van der Waals surface area (Å²) in [4.78, 5) is 25.4. The van der Waals surface area contributed by atoms with Crippen LogP contribution in [0.4, 0.5) is 0 Å². The molecule has 112 valence electrons. The van der Waals surface area contributed by atoms with Gasteiger partial charge in [-0.3, -0.25) is 9.59 Å². The molecule has 0 aliphatic rings. The molecule has 0 N–H and O–H groups in total. The summed E-state index contributed by atoms with van der Waals surface area (Å²) in [6.07, 6.45) is 0. The minimum absolute atomic E-state index is 0.0709. The Morgan fingerprint density at radius 2 is 1.95 bits per heavy atom. The molecule has 0 bridgehead atoms. The van der Waals surface area contributed by atoms with Gasteiger partial charge in [0, 0.05) is 19.5 Å². The van der Waals surface area contributed by atoms with Crippen LogP contribution in [0.5, 0.6) is 0 Å². The minimum Gasteiger partial charge on any atom is -0.469 e. The number of carbonyl (C=O) groups excluding carboxylic acids is 2. The van der Waals surface area contributed by atoms with Crippen molar-refractivity contribution in [2.75, 3.05) is 20.7 Å². The van der Waals surface area contributed by atoms with Gasteiger partial charge in [0.1, 0.15) is 5.56 Å². The SMILES string of the molecule is COC(=O)C(C)CN(C)C(=O)c1c(C)noc1C(C)C. The van der Waals surface area contributed by atoms with Crippen molar-refractivity contribution in [3.63, 3.8) is 0 Å². The maximum absolute atomic E-state index is 12.5. The van der Waals surface area contributed by atoms with Gasteiger partial charge in [-0.25, -0.2) is 0 Å². The van der Waals surface area contributed by atoms with E-state index in [2.05, 4.69) is 9.89 Å². The van der Waals surface area contributed by atoms with Crippen molar-refractivity contribution in [3.8, 4) is 0 Å². The first-order valence-corrected chi connectivity index (χ1v) is 6.59. The Kier molecular flexibility index (Phi) is 5.30. The highest BCUT2D eigenvalue weighted by atomic mass is 16.5. The summed E-state index contributed by atoms with van der Waals surface area (Å²) in [5, 5.41) is 3.86. The molecule has 1 aromatic rings. The van der Waals surface area contributed by atoms with E-state index in [1.165, 1.54) is 12.0 Å². The van der Waals surface area contributed by atoms with Crippen LogP contribution in [0.25, 0.3) is 0 Å². The van der Waals surface area contributed by atoms with Crippen LogP contribution in [0.15, 0.2) is 4.52 Å². The Morgan fingerprint density at radius 3 is 2.45 bits per heavy atom. The first kappa shape index (κ1) is 16.2. The Labute approximate surface area is 119 Å². The van der Waals surface area contributed by atoms with Crippen LogP contribution in [-0.2, 0) is 9.53 Å². The van der Waals surface area contributed by atoms with E-state index in [9.17, 15) is 9.59 Å². The largest absolute Gasteiger partial charge is 0.469 e. The highest BCUT2D eigenvalue weighted by Gasteiger charge is 2.27. The van der Waals surface area contributed by atoms with Crippen molar-refractivity contribution in [2.45, 2.75) is 33.6 Å². The lowest BCUT2D eigenvalue weighted by molar-refractivity contribution is -0.145. The van der Waals surface area contributed by atoms with Gasteiger partial charge >= 0.3 is 5.97 Å². The normalized spacial score (nSPS) is 12.3. The van der Waals surface area contributed by atoms with Crippen LogP contribution in [0.1, 0.15) is 48.5 Å². The fraction of sp³-hybridized carbons (Fsp3) is 0.643. The average Bonchev–Trinajstić information content (AvgIpc) is 2.78. The molecular weight excluding hydrogens is 260 g/mol. The molecule has 6 nitrogen and oxygen atoms in total. The van der Waals surface area contributed by atoms with Gasteiger partial charge in [0.15, 0.2) is 5.76 Å². The number of ether oxygens (including phenoxy) is 1. The number of esters is 1. The third-order valence-electron chi connectivity index (χ3n) is 3.13. The van der Waals surface area contributed by atoms with E-state index < -0.39 is 0 Å². The van der Waals surface area contributed by atoms with Crippen molar-refractivity contribution in [3.05, 3.63) is 17.0 Å². The second-order valence-corrected chi connectivity index (χ2v) is 5.27. The number of methoxy groups -OCH3 is 1. The topological polar surface area (TPSA) is 72.6 Å². The van der Waals surface area contributed by atoms with E-state index >= 15 is 0 Å². The Balaban J connectivity index is 2.90. The minimum atomic E-state index is -0.378. The first-order chi connectivity index (χ1) is 9.29. The molecule has 20 heavy (non-hydrogen) atoms. The number of hydrogen-bond acceptors (Lipinski definition) is 5. The molecule has 1 atom stereocenters. The molecule has 1 aromatic heterocycles. The first-order valence-electron chi connectivity index (χ1n) is 6.59. The van der Waals surface area contributed by atoms with Crippen molar-refractivity contribution >= 4 is 11.9 Å². The van der Waals surface area contributed by atoms with E-state index in [4.69, 9.17) is 4.52 Å². The predicted molar refractivity (Wildman–Crippen MR) is 73.5 cm³/mol. The number of carbonyl (C=O) groups is 2.